The number of hydrogen-bond acceptors (Lipinski definition) is 1. The van der Waals surface area contributed by atoms with E-state index in [1.165, 1.54) is 17.5 Å². The topological polar surface area (TPSA) is 12.9 Å². The summed E-state index contributed by atoms with van der Waals surface area (Å²) >= 11 is -1.95. The molecule has 1 atom stereocenters. The standard InChI is InChI=1S/C21H31GeN/c1-8-21(3,4)16(2)18-14-20(17-12-10-9-11-13-17)23-15-19(18)22(5,6)7/h9-16H,8H2,1-7H3. The van der Waals surface area contributed by atoms with Gasteiger partial charge in [-0.15, -0.1) is 0 Å². The molecule has 1 unspecified atom stereocenters. The summed E-state index contributed by atoms with van der Waals surface area (Å²) in [7, 11) is 0. The third kappa shape index (κ3) is 4.06. The molecule has 1 heterocycles. The van der Waals surface area contributed by atoms with Crippen LogP contribution >= 0.6 is 0 Å². The van der Waals surface area contributed by atoms with E-state index in [2.05, 4.69) is 87.6 Å². The molecular formula is C21H31GeN. The van der Waals surface area contributed by atoms with Crippen molar-refractivity contribution in [2.24, 2.45) is 5.41 Å². The van der Waals surface area contributed by atoms with E-state index >= 15 is 0 Å². The molecule has 2 aromatic rings. The Labute approximate surface area is 144 Å². The second-order valence-corrected chi connectivity index (χ2v) is 18.9. The molecule has 124 valence electrons. The molecular weight excluding hydrogens is 339 g/mol. The number of nitrogens with zero attached hydrogens (tertiary/aromatic N) is 1. The number of rotatable bonds is 5. The van der Waals surface area contributed by atoms with Gasteiger partial charge in [0.05, 0.1) is 0 Å². The van der Waals surface area contributed by atoms with E-state index in [1.807, 2.05) is 0 Å². The number of pyridine rings is 1. The van der Waals surface area contributed by atoms with Crippen LogP contribution in [0.2, 0.25) is 17.3 Å². The van der Waals surface area contributed by atoms with Crippen molar-refractivity contribution in [3.05, 3.63) is 48.2 Å². The van der Waals surface area contributed by atoms with E-state index in [0.29, 0.717) is 11.3 Å². The van der Waals surface area contributed by atoms with Crippen molar-refractivity contribution in [1.82, 2.24) is 4.98 Å². The van der Waals surface area contributed by atoms with E-state index in [0.717, 1.165) is 5.69 Å². The first kappa shape index (κ1) is 18.3. The van der Waals surface area contributed by atoms with Crippen LogP contribution in [-0.4, -0.2) is 18.3 Å². The molecule has 1 nitrogen and oxygen atoms in total. The zero-order valence-corrected chi connectivity index (χ0v) is 17.9. The van der Waals surface area contributed by atoms with E-state index in [1.54, 1.807) is 4.40 Å². The van der Waals surface area contributed by atoms with Gasteiger partial charge in [0.25, 0.3) is 0 Å². The van der Waals surface area contributed by atoms with Crippen LogP contribution in [0.4, 0.5) is 0 Å². The average Bonchev–Trinajstić information content (AvgIpc) is 2.53. The molecule has 0 spiro atoms. The molecule has 1 aromatic carbocycles. The molecule has 2 heteroatoms. The van der Waals surface area contributed by atoms with E-state index in [4.69, 9.17) is 4.98 Å². The molecule has 0 N–H and O–H groups in total. The Kier molecular flexibility index (Phi) is 5.40. The van der Waals surface area contributed by atoms with Crippen molar-refractivity contribution in [1.29, 1.82) is 0 Å². The predicted octanol–water partition coefficient (Wildman–Crippen LogP) is 5.83. The fraction of sp³-hybridized carbons (Fsp3) is 0.476. The van der Waals surface area contributed by atoms with Crippen LogP contribution in [0.15, 0.2) is 42.6 Å². The quantitative estimate of drug-likeness (QED) is 0.604. The molecule has 0 saturated carbocycles. The summed E-state index contributed by atoms with van der Waals surface area (Å²) in [6.45, 7) is 9.47. The van der Waals surface area contributed by atoms with Crippen LogP contribution in [0.3, 0.4) is 0 Å². The van der Waals surface area contributed by atoms with Crippen molar-refractivity contribution in [3.63, 3.8) is 0 Å². The third-order valence-corrected chi connectivity index (χ3v) is 9.63. The molecule has 0 saturated heterocycles. The predicted molar refractivity (Wildman–Crippen MR) is 105 cm³/mol. The van der Waals surface area contributed by atoms with Crippen LogP contribution in [0, 0.1) is 5.41 Å². The first-order valence-electron chi connectivity index (χ1n) is 8.72. The normalized spacial score (nSPS) is 13.9. The molecule has 1 aromatic heterocycles. The van der Waals surface area contributed by atoms with E-state index < -0.39 is 13.3 Å². The molecule has 0 bridgehead atoms. The summed E-state index contributed by atoms with van der Waals surface area (Å²) in [5, 5.41) is 0. The first-order valence-corrected chi connectivity index (χ1v) is 16.1. The minimum absolute atomic E-state index is 0.303. The second kappa shape index (κ2) is 6.80. The van der Waals surface area contributed by atoms with Gasteiger partial charge in [-0.1, -0.05) is 0 Å². The Balaban J connectivity index is 2.60. The van der Waals surface area contributed by atoms with Gasteiger partial charge >= 0.3 is 145 Å². The monoisotopic (exact) mass is 371 g/mol. The van der Waals surface area contributed by atoms with Crippen LogP contribution in [-0.2, 0) is 0 Å². The Morgan fingerprint density at radius 1 is 1.09 bits per heavy atom. The summed E-state index contributed by atoms with van der Waals surface area (Å²) in [5.41, 5.74) is 4.15. The van der Waals surface area contributed by atoms with Gasteiger partial charge in [-0.25, -0.2) is 0 Å². The summed E-state index contributed by atoms with van der Waals surface area (Å²) in [6.07, 6.45) is 3.37. The van der Waals surface area contributed by atoms with E-state index in [9.17, 15) is 0 Å². The molecule has 0 aliphatic rings. The Hall–Kier alpha value is -1.09. The van der Waals surface area contributed by atoms with Crippen molar-refractivity contribution >= 4 is 17.7 Å². The Bertz CT molecular complexity index is 653. The first-order chi connectivity index (χ1) is 10.7. The average molecular weight is 370 g/mol. The fourth-order valence-corrected chi connectivity index (χ4v) is 6.32. The Morgan fingerprint density at radius 2 is 1.70 bits per heavy atom. The number of aromatic nitrogens is 1. The fourth-order valence-electron chi connectivity index (χ4n) is 2.95. The summed E-state index contributed by atoms with van der Waals surface area (Å²) < 4.78 is 1.55. The van der Waals surface area contributed by atoms with Crippen LogP contribution in [0.5, 0.6) is 0 Å². The van der Waals surface area contributed by atoms with Crippen LogP contribution in [0.1, 0.15) is 45.6 Å². The summed E-state index contributed by atoms with van der Waals surface area (Å²) in [5.74, 6) is 7.94. The van der Waals surface area contributed by atoms with E-state index in [-0.39, 0.29) is 0 Å². The van der Waals surface area contributed by atoms with Gasteiger partial charge in [0.1, 0.15) is 0 Å². The van der Waals surface area contributed by atoms with Crippen molar-refractivity contribution in [3.8, 4) is 11.3 Å². The molecule has 2 rings (SSSR count). The SMILES string of the molecule is CCC(C)(C)C(C)c1cc(-c2ccccc2)nc[c]1[Ge]([CH3])([CH3])[CH3]. The van der Waals surface area contributed by atoms with Crippen molar-refractivity contribution in [2.45, 2.75) is 57.3 Å². The van der Waals surface area contributed by atoms with Gasteiger partial charge in [-0.3, -0.25) is 0 Å². The molecule has 0 amide bonds. The van der Waals surface area contributed by atoms with Crippen LogP contribution < -0.4 is 4.40 Å². The zero-order valence-electron chi connectivity index (χ0n) is 15.8. The van der Waals surface area contributed by atoms with Crippen molar-refractivity contribution in [2.75, 3.05) is 0 Å². The molecule has 0 aliphatic heterocycles. The van der Waals surface area contributed by atoms with Gasteiger partial charge in [0, 0.05) is 0 Å². The molecule has 23 heavy (non-hydrogen) atoms. The Morgan fingerprint density at radius 3 is 2.22 bits per heavy atom. The minimum atomic E-state index is -1.95. The molecule has 0 aliphatic carbocycles. The second-order valence-electron chi connectivity index (χ2n) is 8.34. The number of benzene rings is 1. The van der Waals surface area contributed by atoms with Gasteiger partial charge in [0.15, 0.2) is 0 Å². The molecule has 0 radical (unpaired) electrons. The third-order valence-electron chi connectivity index (χ3n) is 5.36. The summed E-state index contributed by atoms with van der Waals surface area (Å²) in [6, 6.07) is 12.9. The summed E-state index contributed by atoms with van der Waals surface area (Å²) in [4.78, 5) is 4.81. The van der Waals surface area contributed by atoms with Gasteiger partial charge < -0.3 is 0 Å². The molecule has 0 fully saturated rings. The zero-order chi connectivity index (χ0) is 17.3. The van der Waals surface area contributed by atoms with Crippen molar-refractivity contribution < 1.29 is 0 Å². The van der Waals surface area contributed by atoms with Gasteiger partial charge in [0.2, 0.25) is 0 Å². The van der Waals surface area contributed by atoms with Gasteiger partial charge in [-0.2, -0.15) is 0 Å². The van der Waals surface area contributed by atoms with Gasteiger partial charge in [-0.05, 0) is 0 Å². The maximum absolute atomic E-state index is 4.81. The maximum atomic E-state index is 4.81. The van der Waals surface area contributed by atoms with Crippen LogP contribution in [0.25, 0.3) is 11.3 Å². The number of hydrogen-bond donors (Lipinski definition) is 0.